The van der Waals surface area contributed by atoms with Crippen molar-refractivity contribution in [2.24, 2.45) is 0 Å². The van der Waals surface area contributed by atoms with Crippen LogP contribution in [0, 0.1) is 0 Å². The van der Waals surface area contributed by atoms with Crippen LogP contribution >= 0.6 is 0 Å². The van der Waals surface area contributed by atoms with Gasteiger partial charge in [-0.1, -0.05) is 212 Å². The normalized spacial score (nSPS) is 13.8. The second-order valence-electron chi connectivity index (χ2n) is 17.5. The van der Waals surface area contributed by atoms with E-state index in [-0.39, 0.29) is 0 Å². The van der Waals surface area contributed by atoms with Crippen LogP contribution < -0.4 is 4.90 Å². The molecule has 0 aromatic heterocycles. The van der Waals surface area contributed by atoms with Crippen molar-refractivity contribution in [1.29, 1.82) is 0 Å². The molecular formula is C64H43N. The zero-order valence-corrected chi connectivity index (χ0v) is 35.8. The number of hydrogen-bond donors (Lipinski definition) is 0. The van der Waals surface area contributed by atoms with Crippen LogP contribution in [0.3, 0.4) is 0 Å². The predicted molar refractivity (Wildman–Crippen MR) is 271 cm³/mol. The van der Waals surface area contributed by atoms with Crippen LogP contribution in [-0.4, -0.2) is 0 Å². The minimum atomic E-state index is -0.569. The van der Waals surface area contributed by atoms with Gasteiger partial charge in [0.05, 0.1) is 10.8 Å². The van der Waals surface area contributed by atoms with E-state index < -0.39 is 10.8 Å². The number of rotatable bonds is 7. The highest BCUT2D eigenvalue weighted by Crippen LogP contribution is 2.63. The van der Waals surface area contributed by atoms with E-state index in [1.54, 1.807) is 0 Å². The van der Waals surface area contributed by atoms with Gasteiger partial charge >= 0.3 is 0 Å². The molecule has 0 unspecified atom stereocenters. The van der Waals surface area contributed by atoms with Crippen molar-refractivity contribution < 1.29 is 0 Å². The number of fused-ring (bicyclic) bond motifs is 10. The minimum absolute atomic E-state index is 0.522. The smallest absolute Gasteiger partial charge is 0.0714 e. The lowest BCUT2D eigenvalue weighted by Crippen LogP contribution is -2.29. The van der Waals surface area contributed by atoms with Crippen LogP contribution in [0.25, 0.3) is 43.8 Å². The summed E-state index contributed by atoms with van der Waals surface area (Å²) in [5, 5.41) is 4.97. The van der Waals surface area contributed by atoms with E-state index in [9.17, 15) is 0 Å². The molecule has 1 nitrogen and oxygen atoms in total. The van der Waals surface area contributed by atoms with Gasteiger partial charge < -0.3 is 4.90 Å². The Bertz CT molecular complexity index is 3450. The van der Waals surface area contributed by atoms with Crippen molar-refractivity contribution in [2.75, 3.05) is 4.90 Å². The maximum absolute atomic E-state index is 2.60. The molecule has 304 valence electrons. The summed E-state index contributed by atoms with van der Waals surface area (Å²) < 4.78 is 0. The lowest BCUT2D eigenvalue weighted by molar-refractivity contribution is 0.759. The zero-order chi connectivity index (χ0) is 43.0. The molecule has 13 rings (SSSR count). The first kappa shape index (κ1) is 37.3. The summed E-state index contributed by atoms with van der Waals surface area (Å²) >= 11 is 0. The van der Waals surface area contributed by atoms with Gasteiger partial charge in [-0.05, 0) is 137 Å². The first-order chi connectivity index (χ1) is 32.3. The van der Waals surface area contributed by atoms with Crippen molar-refractivity contribution in [3.63, 3.8) is 0 Å². The van der Waals surface area contributed by atoms with Gasteiger partial charge in [0.15, 0.2) is 0 Å². The summed E-state index contributed by atoms with van der Waals surface area (Å²) in [5.41, 5.74) is 17.8. The van der Waals surface area contributed by atoms with E-state index in [0.29, 0.717) is 0 Å². The van der Waals surface area contributed by atoms with E-state index >= 15 is 0 Å². The summed E-state index contributed by atoms with van der Waals surface area (Å²) in [6.45, 7) is 0. The Balaban J connectivity index is 1.13. The van der Waals surface area contributed by atoms with Crippen LogP contribution in [0.2, 0.25) is 0 Å². The van der Waals surface area contributed by atoms with Gasteiger partial charge in [0.1, 0.15) is 0 Å². The number of para-hydroxylation sites is 2. The van der Waals surface area contributed by atoms with Gasteiger partial charge in [-0.2, -0.15) is 0 Å². The molecule has 2 aliphatic carbocycles. The Labute approximate surface area is 380 Å². The van der Waals surface area contributed by atoms with Crippen molar-refractivity contribution in [2.45, 2.75) is 10.8 Å². The van der Waals surface area contributed by atoms with Gasteiger partial charge in [-0.15, -0.1) is 0 Å². The van der Waals surface area contributed by atoms with Crippen LogP contribution in [0.5, 0.6) is 0 Å². The Hall–Kier alpha value is -8.26. The summed E-state index contributed by atoms with van der Waals surface area (Å²) in [6, 6.07) is 97.0. The maximum Gasteiger partial charge on any atom is 0.0714 e. The van der Waals surface area contributed by atoms with Gasteiger partial charge in [-0.3, -0.25) is 0 Å². The molecule has 0 amide bonds. The molecule has 0 radical (unpaired) electrons. The van der Waals surface area contributed by atoms with Gasteiger partial charge in [-0.25, -0.2) is 0 Å². The van der Waals surface area contributed by atoms with Gasteiger partial charge in [0.2, 0.25) is 0 Å². The number of anilines is 3. The second kappa shape index (κ2) is 14.7. The third-order valence-electron chi connectivity index (χ3n) is 14.4. The highest BCUT2D eigenvalue weighted by atomic mass is 15.1. The van der Waals surface area contributed by atoms with Crippen LogP contribution in [0.1, 0.15) is 44.5 Å². The molecule has 0 aliphatic heterocycles. The molecule has 0 spiro atoms. The molecule has 1 heteroatoms. The topological polar surface area (TPSA) is 3.24 Å². The Kier molecular flexibility index (Phi) is 8.41. The summed E-state index contributed by atoms with van der Waals surface area (Å²) in [4.78, 5) is 2.35. The fourth-order valence-electron chi connectivity index (χ4n) is 11.8. The molecule has 11 aromatic rings. The van der Waals surface area contributed by atoms with Crippen molar-refractivity contribution in [3.05, 3.63) is 305 Å². The molecule has 0 heterocycles. The zero-order valence-electron chi connectivity index (χ0n) is 35.8. The van der Waals surface area contributed by atoms with Crippen molar-refractivity contribution in [3.8, 4) is 22.3 Å². The fraction of sp³-hybridized carbons (Fsp3) is 0.0312. The third kappa shape index (κ3) is 5.33. The SMILES string of the molecule is c1ccc(N(c2ccccc2)c2ccc3c(ccc4c5c(ccc43)C(c3ccccc3)(c3ccccc3)c3cc4c(cc3-5)C(c3ccccc3)(c3ccccc3)c3ccccc3-4)c2)cc1. The van der Waals surface area contributed by atoms with Crippen LogP contribution in [0.15, 0.2) is 261 Å². The average molecular weight is 826 g/mol. The molecule has 0 bridgehead atoms. The molecule has 0 N–H and O–H groups in total. The molecule has 11 aromatic carbocycles. The summed E-state index contributed by atoms with van der Waals surface area (Å²) in [5.74, 6) is 0. The highest BCUT2D eigenvalue weighted by molar-refractivity contribution is 6.15. The second-order valence-corrected chi connectivity index (χ2v) is 17.5. The molecule has 0 saturated carbocycles. The highest BCUT2D eigenvalue weighted by Gasteiger charge is 2.51. The van der Waals surface area contributed by atoms with E-state index in [2.05, 4.69) is 266 Å². The largest absolute Gasteiger partial charge is 0.310 e. The standard InChI is InChI=1S/C64H43N/c1-7-21-45(22-8-1)63(46-23-9-2-10-24-46)58-34-20-19-33-54(58)56-42-61-57(43-60(56)63)62-55-37-35-44-41-51(65(49-29-15-5-16-30-49)50-31-17-6-18-32-50)36-38-52(44)53(55)39-40-59(62)64(61,47-25-11-3-12-26-47)48-27-13-4-14-28-48/h1-43H. The molecule has 0 atom stereocenters. The molecule has 65 heavy (non-hydrogen) atoms. The Morgan fingerprint density at radius 1 is 0.246 bits per heavy atom. The van der Waals surface area contributed by atoms with Gasteiger partial charge in [0.25, 0.3) is 0 Å². The van der Waals surface area contributed by atoms with E-state index in [1.165, 1.54) is 88.3 Å². The van der Waals surface area contributed by atoms with Crippen LogP contribution in [0.4, 0.5) is 17.1 Å². The van der Waals surface area contributed by atoms with Crippen molar-refractivity contribution in [1.82, 2.24) is 0 Å². The van der Waals surface area contributed by atoms with Gasteiger partial charge in [0, 0.05) is 17.1 Å². The number of benzene rings is 11. The maximum atomic E-state index is 2.60. The lowest BCUT2D eigenvalue weighted by atomic mass is 9.66. The molecule has 0 saturated heterocycles. The number of nitrogens with zero attached hydrogens (tertiary/aromatic N) is 1. The number of hydrogen-bond acceptors (Lipinski definition) is 1. The summed E-state index contributed by atoms with van der Waals surface area (Å²) in [6.07, 6.45) is 0. The first-order valence-electron chi connectivity index (χ1n) is 22.7. The fourth-order valence-corrected chi connectivity index (χ4v) is 11.8. The average Bonchev–Trinajstić information content (AvgIpc) is 3.85. The first-order valence-corrected chi connectivity index (χ1v) is 22.7. The molecule has 2 aliphatic rings. The summed E-state index contributed by atoms with van der Waals surface area (Å²) in [7, 11) is 0. The van der Waals surface area contributed by atoms with E-state index in [4.69, 9.17) is 0 Å². The van der Waals surface area contributed by atoms with Crippen molar-refractivity contribution >= 4 is 38.6 Å². The van der Waals surface area contributed by atoms with E-state index in [1.807, 2.05) is 0 Å². The monoisotopic (exact) mass is 825 g/mol. The lowest BCUT2D eigenvalue weighted by Gasteiger charge is -2.35. The molecule has 0 fully saturated rings. The van der Waals surface area contributed by atoms with E-state index in [0.717, 1.165) is 17.1 Å². The Morgan fingerprint density at radius 2 is 0.677 bits per heavy atom. The predicted octanol–water partition coefficient (Wildman–Crippen LogP) is 16.2. The quantitative estimate of drug-likeness (QED) is 0.145. The van der Waals surface area contributed by atoms with Crippen LogP contribution in [-0.2, 0) is 10.8 Å². The minimum Gasteiger partial charge on any atom is -0.310 e. The Morgan fingerprint density at radius 3 is 1.23 bits per heavy atom. The third-order valence-corrected chi connectivity index (χ3v) is 14.4. The molecular weight excluding hydrogens is 783 g/mol.